The molecule has 0 saturated heterocycles. The van der Waals surface area contributed by atoms with E-state index in [9.17, 15) is 9.59 Å². The molecular formula is C21H21NO6. The summed E-state index contributed by atoms with van der Waals surface area (Å²) in [6, 6.07) is 11.6. The molecule has 0 saturated carbocycles. The first kappa shape index (κ1) is 19.3. The molecule has 1 amide bonds. The molecule has 0 aliphatic rings. The number of rotatable bonds is 7. The minimum atomic E-state index is -0.731. The average molecular weight is 383 g/mol. The molecule has 0 spiro atoms. The molecule has 3 aromatic rings. The van der Waals surface area contributed by atoms with Crippen molar-refractivity contribution in [2.75, 3.05) is 26.1 Å². The van der Waals surface area contributed by atoms with Crippen LogP contribution in [0.3, 0.4) is 0 Å². The standard InChI is InChI=1S/C21H21NO6/c1-4-9-27-15-6-5-13-10-16(21(24)28-18(13)12-15)20(23)22-17-8-7-14(25-2)11-19(17)26-3/h5-8,10-12H,4,9H2,1-3H3,(H,22,23). The van der Waals surface area contributed by atoms with E-state index in [0.717, 1.165) is 6.42 Å². The van der Waals surface area contributed by atoms with E-state index in [0.29, 0.717) is 40.5 Å². The van der Waals surface area contributed by atoms with Crippen molar-refractivity contribution in [3.63, 3.8) is 0 Å². The van der Waals surface area contributed by atoms with Crippen molar-refractivity contribution in [2.24, 2.45) is 0 Å². The third-order valence-electron chi connectivity index (χ3n) is 4.08. The second-order valence-corrected chi connectivity index (χ2v) is 6.02. The van der Waals surface area contributed by atoms with Crippen LogP contribution in [-0.2, 0) is 0 Å². The number of ether oxygens (including phenoxy) is 3. The van der Waals surface area contributed by atoms with Crippen LogP contribution in [0.1, 0.15) is 23.7 Å². The predicted molar refractivity (Wildman–Crippen MR) is 106 cm³/mol. The van der Waals surface area contributed by atoms with Crippen LogP contribution in [-0.4, -0.2) is 26.7 Å². The number of methoxy groups -OCH3 is 2. The molecule has 3 rings (SSSR count). The summed E-state index contributed by atoms with van der Waals surface area (Å²) in [7, 11) is 3.01. The van der Waals surface area contributed by atoms with Crippen LogP contribution in [0.4, 0.5) is 5.69 Å². The second kappa shape index (κ2) is 8.47. The van der Waals surface area contributed by atoms with Gasteiger partial charge in [-0.2, -0.15) is 0 Å². The molecule has 1 aromatic heterocycles. The number of carbonyl (C=O) groups is 1. The van der Waals surface area contributed by atoms with Gasteiger partial charge in [0.05, 0.1) is 26.5 Å². The van der Waals surface area contributed by atoms with Crippen LogP contribution in [0.25, 0.3) is 11.0 Å². The Bertz CT molecular complexity index is 1060. The number of benzene rings is 2. The van der Waals surface area contributed by atoms with Gasteiger partial charge in [0.15, 0.2) is 0 Å². The van der Waals surface area contributed by atoms with E-state index in [1.165, 1.54) is 20.3 Å². The summed E-state index contributed by atoms with van der Waals surface area (Å²) < 4.78 is 21.3. The molecule has 0 atom stereocenters. The maximum Gasteiger partial charge on any atom is 0.349 e. The summed E-state index contributed by atoms with van der Waals surface area (Å²) in [5, 5.41) is 3.29. The Kier molecular flexibility index (Phi) is 5.84. The maximum atomic E-state index is 12.6. The summed E-state index contributed by atoms with van der Waals surface area (Å²) in [5.41, 5.74) is -0.0639. The van der Waals surface area contributed by atoms with E-state index in [-0.39, 0.29) is 5.56 Å². The number of amides is 1. The monoisotopic (exact) mass is 383 g/mol. The van der Waals surface area contributed by atoms with Gasteiger partial charge in [0.25, 0.3) is 5.91 Å². The minimum absolute atomic E-state index is 0.104. The fraction of sp³-hybridized carbons (Fsp3) is 0.238. The molecule has 1 heterocycles. The van der Waals surface area contributed by atoms with E-state index < -0.39 is 11.5 Å². The van der Waals surface area contributed by atoms with Crippen molar-refractivity contribution in [1.82, 2.24) is 0 Å². The number of fused-ring (bicyclic) bond motifs is 1. The molecule has 2 aromatic carbocycles. The molecule has 0 radical (unpaired) electrons. The second-order valence-electron chi connectivity index (χ2n) is 6.02. The predicted octanol–water partition coefficient (Wildman–Crippen LogP) is 3.85. The zero-order chi connectivity index (χ0) is 20.1. The summed E-state index contributed by atoms with van der Waals surface area (Å²) in [4.78, 5) is 25.0. The summed E-state index contributed by atoms with van der Waals surface area (Å²) in [6.07, 6.45) is 0.871. The Labute approximate surface area is 161 Å². The zero-order valence-corrected chi connectivity index (χ0v) is 15.9. The lowest BCUT2D eigenvalue weighted by Gasteiger charge is -2.11. The largest absolute Gasteiger partial charge is 0.497 e. The molecule has 0 aliphatic heterocycles. The lowest BCUT2D eigenvalue weighted by molar-refractivity contribution is 0.102. The van der Waals surface area contributed by atoms with Crippen LogP contribution in [0.2, 0.25) is 0 Å². The molecule has 0 fully saturated rings. The smallest absolute Gasteiger partial charge is 0.349 e. The van der Waals surface area contributed by atoms with Crippen molar-refractivity contribution in [3.8, 4) is 17.2 Å². The minimum Gasteiger partial charge on any atom is -0.497 e. The fourth-order valence-electron chi connectivity index (χ4n) is 2.65. The molecule has 7 heteroatoms. The molecule has 0 unspecified atom stereocenters. The van der Waals surface area contributed by atoms with Gasteiger partial charge < -0.3 is 23.9 Å². The maximum absolute atomic E-state index is 12.6. The van der Waals surface area contributed by atoms with Gasteiger partial charge in [-0.1, -0.05) is 6.92 Å². The van der Waals surface area contributed by atoms with E-state index in [2.05, 4.69) is 5.32 Å². The number of nitrogens with one attached hydrogen (secondary N) is 1. The summed E-state index contributed by atoms with van der Waals surface area (Å²) in [6.45, 7) is 2.57. The van der Waals surface area contributed by atoms with E-state index >= 15 is 0 Å². The first-order valence-electron chi connectivity index (χ1n) is 8.79. The fourth-order valence-corrected chi connectivity index (χ4v) is 2.65. The number of anilines is 1. The van der Waals surface area contributed by atoms with Crippen molar-refractivity contribution in [3.05, 3.63) is 58.4 Å². The summed E-state index contributed by atoms with van der Waals surface area (Å²) >= 11 is 0. The van der Waals surface area contributed by atoms with Crippen molar-refractivity contribution in [2.45, 2.75) is 13.3 Å². The van der Waals surface area contributed by atoms with E-state index in [1.807, 2.05) is 6.92 Å². The average Bonchev–Trinajstić information content (AvgIpc) is 2.71. The van der Waals surface area contributed by atoms with Crippen LogP contribution in [0.15, 0.2) is 51.7 Å². The Morgan fingerprint density at radius 2 is 1.82 bits per heavy atom. The number of hydrogen-bond donors (Lipinski definition) is 1. The highest BCUT2D eigenvalue weighted by atomic mass is 16.5. The van der Waals surface area contributed by atoms with E-state index in [1.54, 1.807) is 36.4 Å². The first-order chi connectivity index (χ1) is 13.5. The van der Waals surface area contributed by atoms with E-state index in [4.69, 9.17) is 18.6 Å². The van der Waals surface area contributed by atoms with Crippen LogP contribution in [0, 0.1) is 0 Å². The molecule has 28 heavy (non-hydrogen) atoms. The quantitative estimate of drug-likeness (QED) is 0.624. The SMILES string of the molecule is CCCOc1ccc2cc(C(=O)Nc3ccc(OC)cc3OC)c(=O)oc2c1. The van der Waals surface area contributed by atoms with Gasteiger partial charge in [-0.25, -0.2) is 4.79 Å². The zero-order valence-electron chi connectivity index (χ0n) is 15.9. The van der Waals surface area contributed by atoms with Crippen LogP contribution >= 0.6 is 0 Å². The third-order valence-corrected chi connectivity index (χ3v) is 4.08. The van der Waals surface area contributed by atoms with Gasteiger partial charge >= 0.3 is 5.63 Å². The highest BCUT2D eigenvalue weighted by Crippen LogP contribution is 2.29. The van der Waals surface area contributed by atoms with Crippen LogP contribution in [0.5, 0.6) is 17.2 Å². The van der Waals surface area contributed by atoms with Crippen molar-refractivity contribution >= 4 is 22.6 Å². The van der Waals surface area contributed by atoms with Crippen LogP contribution < -0.4 is 25.2 Å². The third kappa shape index (κ3) is 4.09. The highest BCUT2D eigenvalue weighted by Gasteiger charge is 2.16. The highest BCUT2D eigenvalue weighted by molar-refractivity contribution is 6.06. The number of carbonyl (C=O) groups excluding carboxylic acids is 1. The first-order valence-corrected chi connectivity index (χ1v) is 8.79. The molecule has 0 aliphatic carbocycles. The van der Waals surface area contributed by atoms with Gasteiger partial charge in [0.2, 0.25) is 0 Å². The Morgan fingerprint density at radius 1 is 1.04 bits per heavy atom. The Morgan fingerprint density at radius 3 is 2.54 bits per heavy atom. The van der Waals surface area contributed by atoms with Crippen molar-refractivity contribution < 1.29 is 23.4 Å². The van der Waals surface area contributed by atoms with Gasteiger partial charge in [0, 0.05) is 17.5 Å². The molecule has 0 bridgehead atoms. The normalized spacial score (nSPS) is 10.5. The Balaban J connectivity index is 1.89. The number of hydrogen-bond acceptors (Lipinski definition) is 6. The van der Waals surface area contributed by atoms with Crippen molar-refractivity contribution in [1.29, 1.82) is 0 Å². The molecular weight excluding hydrogens is 362 g/mol. The topological polar surface area (TPSA) is 87.0 Å². The lowest BCUT2D eigenvalue weighted by atomic mass is 10.1. The molecule has 1 N–H and O–H groups in total. The summed E-state index contributed by atoms with van der Waals surface area (Å²) in [5.74, 6) is 1.01. The van der Waals surface area contributed by atoms with Gasteiger partial charge in [-0.15, -0.1) is 0 Å². The van der Waals surface area contributed by atoms with Gasteiger partial charge in [0.1, 0.15) is 28.4 Å². The molecule has 7 nitrogen and oxygen atoms in total. The van der Waals surface area contributed by atoms with Gasteiger partial charge in [-0.05, 0) is 36.8 Å². The Hall–Kier alpha value is -3.48. The lowest BCUT2D eigenvalue weighted by Crippen LogP contribution is -2.21. The van der Waals surface area contributed by atoms with Gasteiger partial charge in [-0.3, -0.25) is 4.79 Å². The molecule has 146 valence electrons.